The van der Waals surface area contributed by atoms with Crippen LogP contribution in [0.4, 0.5) is 13.6 Å². The van der Waals surface area contributed by atoms with Crippen molar-refractivity contribution < 1.29 is 27.8 Å². The highest BCUT2D eigenvalue weighted by atomic mass is 35.5. The van der Waals surface area contributed by atoms with Crippen LogP contribution in [0.1, 0.15) is 16.7 Å². The van der Waals surface area contributed by atoms with Gasteiger partial charge in [-0.3, -0.25) is 14.5 Å². The molecule has 0 atom stereocenters. The molecule has 174 valence electrons. The molecule has 9 heteroatoms. The van der Waals surface area contributed by atoms with E-state index >= 15 is 0 Å². The topological polar surface area (TPSA) is 55.8 Å². The van der Waals surface area contributed by atoms with Gasteiger partial charge in [0.05, 0.1) is 18.6 Å². The fourth-order valence-electron chi connectivity index (χ4n) is 3.27. The molecule has 34 heavy (non-hydrogen) atoms. The van der Waals surface area contributed by atoms with Crippen molar-refractivity contribution in [3.63, 3.8) is 0 Å². The molecule has 1 aliphatic heterocycles. The number of carbonyl (C=O) groups is 2. The average Bonchev–Trinajstić information content (AvgIpc) is 3.08. The van der Waals surface area contributed by atoms with E-state index < -0.39 is 17.0 Å². The van der Waals surface area contributed by atoms with Gasteiger partial charge in [0.25, 0.3) is 11.1 Å². The number of amides is 2. The molecule has 0 aliphatic carbocycles. The molecule has 0 spiro atoms. The van der Waals surface area contributed by atoms with Crippen LogP contribution in [0.15, 0.2) is 65.6 Å². The van der Waals surface area contributed by atoms with Gasteiger partial charge in [-0.05, 0) is 59.3 Å². The maximum atomic E-state index is 13.8. The molecule has 0 saturated carbocycles. The monoisotopic (exact) mass is 501 g/mol. The largest absolute Gasteiger partial charge is 0.493 e. The number of ether oxygens (including phenoxy) is 2. The van der Waals surface area contributed by atoms with Gasteiger partial charge < -0.3 is 9.47 Å². The molecule has 0 radical (unpaired) electrons. The first kappa shape index (κ1) is 23.8. The second-order valence-corrected chi connectivity index (χ2v) is 8.69. The van der Waals surface area contributed by atoms with Crippen LogP contribution in [0, 0.1) is 11.6 Å². The summed E-state index contributed by atoms with van der Waals surface area (Å²) in [5.41, 5.74) is 1.48. The number of halogens is 3. The molecule has 1 saturated heterocycles. The molecule has 1 aliphatic rings. The van der Waals surface area contributed by atoms with Crippen LogP contribution in [-0.2, 0) is 17.9 Å². The molecule has 3 aromatic rings. The molecule has 1 fully saturated rings. The molecule has 0 bridgehead atoms. The lowest BCUT2D eigenvalue weighted by molar-refractivity contribution is -0.123. The summed E-state index contributed by atoms with van der Waals surface area (Å²) in [6.45, 7) is -0.0412. The minimum atomic E-state index is -0.502. The van der Waals surface area contributed by atoms with Crippen molar-refractivity contribution in [2.45, 2.75) is 13.2 Å². The second kappa shape index (κ2) is 10.3. The minimum absolute atomic E-state index is 0.0210. The van der Waals surface area contributed by atoms with Gasteiger partial charge in [0.1, 0.15) is 18.2 Å². The van der Waals surface area contributed by atoms with Gasteiger partial charge in [-0.1, -0.05) is 41.9 Å². The number of rotatable bonds is 7. The first-order valence-electron chi connectivity index (χ1n) is 10.1. The third-order valence-corrected chi connectivity index (χ3v) is 6.30. The van der Waals surface area contributed by atoms with Gasteiger partial charge in [-0.15, -0.1) is 0 Å². The summed E-state index contributed by atoms with van der Waals surface area (Å²) in [6.07, 6.45) is 1.57. The Kier molecular flexibility index (Phi) is 7.19. The molecular formula is C25H18ClF2NO4S. The van der Waals surface area contributed by atoms with E-state index in [2.05, 4.69) is 0 Å². The third-order valence-electron chi connectivity index (χ3n) is 5.04. The highest BCUT2D eigenvalue weighted by Crippen LogP contribution is 2.36. The molecule has 0 N–H and O–H groups in total. The van der Waals surface area contributed by atoms with Crippen molar-refractivity contribution in [1.29, 1.82) is 0 Å². The van der Waals surface area contributed by atoms with E-state index in [4.69, 9.17) is 21.1 Å². The SMILES string of the molecule is COc1cc(/C=C2/SC(=O)N(Cc3ccc(F)cc3Cl)C2=O)ccc1OCc1ccccc1F. The van der Waals surface area contributed by atoms with Gasteiger partial charge in [-0.2, -0.15) is 0 Å². The smallest absolute Gasteiger partial charge is 0.293 e. The van der Waals surface area contributed by atoms with Crippen LogP contribution in [0.3, 0.4) is 0 Å². The minimum Gasteiger partial charge on any atom is -0.493 e. The Morgan fingerprint density at radius 1 is 1.00 bits per heavy atom. The predicted octanol–water partition coefficient (Wildman–Crippen LogP) is 6.44. The Balaban J connectivity index is 1.50. The third kappa shape index (κ3) is 5.24. The number of hydrogen-bond acceptors (Lipinski definition) is 5. The van der Waals surface area contributed by atoms with Crippen LogP contribution in [-0.4, -0.2) is 23.2 Å². The highest BCUT2D eigenvalue weighted by molar-refractivity contribution is 8.18. The number of imide groups is 1. The normalized spacial score (nSPS) is 14.7. The van der Waals surface area contributed by atoms with E-state index in [-0.39, 0.29) is 28.9 Å². The first-order chi connectivity index (χ1) is 16.4. The quantitative estimate of drug-likeness (QED) is 0.349. The number of thioether (sulfide) groups is 1. The van der Waals surface area contributed by atoms with Crippen LogP contribution in [0.25, 0.3) is 6.08 Å². The first-order valence-corrected chi connectivity index (χ1v) is 11.3. The molecule has 4 rings (SSSR count). The van der Waals surface area contributed by atoms with E-state index in [9.17, 15) is 18.4 Å². The number of methoxy groups -OCH3 is 1. The Hall–Kier alpha value is -3.36. The van der Waals surface area contributed by atoms with E-state index in [0.717, 1.165) is 22.7 Å². The number of carbonyl (C=O) groups excluding carboxylic acids is 2. The highest BCUT2D eigenvalue weighted by Gasteiger charge is 2.35. The maximum absolute atomic E-state index is 13.8. The van der Waals surface area contributed by atoms with Crippen LogP contribution >= 0.6 is 23.4 Å². The Labute approximate surface area is 203 Å². The lowest BCUT2D eigenvalue weighted by Gasteiger charge is -2.13. The molecular weight excluding hydrogens is 484 g/mol. The lowest BCUT2D eigenvalue weighted by Crippen LogP contribution is -2.27. The summed E-state index contributed by atoms with van der Waals surface area (Å²) in [7, 11) is 1.47. The van der Waals surface area contributed by atoms with Crippen molar-refractivity contribution in [3.8, 4) is 11.5 Å². The van der Waals surface area contributed by atoms with E-state index in [0.29, 0.717) is 28.2 Å². The Morgan fingerprint density at radius 3 is 2.53 bits per heavy atom. The van der Waals surface area contributed by atoms with Crippen LogP contribution in [0.2, 0.25) is 5.02 Å². The molecule has 0 unspecified atom stereocenters. The molecule has 1 heterocycles. The second-order valence-electron chi connectivity index (χ2n) is 7.29. The van der Waals surface area contributed by atoms with E-state index in [1.807, 2.05) is 0 Å². The van der Waals surface area contributed by atoms with Crippen molar-refractivity contribution in [2.75, 3.05) is 7.11 Å². The fourth-order valence-corrected chi connectivity index (χ4v) is 4.34. The predicted molar refractivity (Wildman–Crippen MR) is 127 cm³/mol. The Bertz CT molecular complexity index is 1300. The van der Waals surface area contributed by atoms with Crippen molar-refractivity contribution in [1.82, 2.24) is 4.90 Å². The van der Waals surface area contributed by atoms with Gasteiger partial charge >= 0.3 is 0 Å². The number of hydrogen-bond donors (Lipinski definition) is 0. The van der Waals surface area contributed by atoms with E-state index in [1.165, 1.54) is 25.3 Å². The lowest BCUT2D eigenvalue weighted by atomic mass is 10.1. The van der Waals surface area contributed by atoms with E-state index in [1.54, 1.807) is 42.5 Å². The summed E-state index contributed by atoms with van der Waals surface area (Å²) in [4.78, 5) is 26.5. The summed E-state index contributed by atoms with van der Waals surface area (Å²) < 4.78 is 38.2. The van der Waals surface area contributed by atoms with Crippen LogP contribution in [0.5, 0.6) is 11.5 Å². The van der Waals surface area contributed by atoms with Gasteiger partial charge in [0.15, 0.2) is 11.5 Å². The molecule has 5 nitrogen and oxygen atoms in total. The summed E-state index contributed by atoms with van der Waals surface area (Å²) in [5.74, 6) is -0.549. The van der Waals surface area contributed by atoms with Crippen molar-refractivity contribution >= 4 is 40.6 Å². The average molecular weight is 502 g/mol. The zero-order valence-corrected chi connectivity index (χ0v) is 19.5. The zero-order chi connectivity index (χ0) is 24.2. The van der Waals surface area contributed by atoms with Crippen molar-refractivity contribution in [2.24, 2.45) is 0 Å². The molecule has 3 aromatic carbocycles. The maximum Gasteiger partial charge on any atom is 0.293 e. The summed E-state index contributed by atoms with van der Waals surface area (Å²) in [5, 5.41) is -0.313. The van der Waals surface area contributed by atoms with Gasteiger partial charge in [0.2, 0.25) is 0 Å². The fraction of sp³-hybridized carbons (Fsp3) is 0.120. The molecule has 0 aromatic heterocycles. The summed E-state index contributed by atoms with van der Waals surface area (Å²) in [6, 6.07) is 15.1. The number of benzene rings is 3. The zero-order valence-electron chi connectivity index (χ0n) is 17.9. The summed E-state index contributed by atoms with van der Waals surface area (Å²) >= 11 is 6.83. The molecule has 2 amide bonds. The van der Waals surface area contributed by atoms with Crippen LogP contribution < -0.4 is 9.47 Å². The number of nitrogens with zero attached hydrogens (tertiary/aromatic N) is 1. The van der Waals surface area contributed by atoms with Gasteiger partial charge in [-0.25, -0.2) is 8.78 Å². The van der Waals surface area contributed by atoms with Crippen molar-refractivity contribution in [3.05, 3.63) is 98.9 Å². The standard InChI is InChI=1S/C25H18ClF2NO4S/c1-32-22-10-15(6-9-21(22)33-14-17-4-2-3-5-20(17)28)11-23-24(30)29(25(31)34-23)13-16-7-8-18(27)12-19(16)26/h2-12H,13-14H2,1H3/b23-11+. The van der Waals surface area contributed by atoms with Gasteiger partial charge in [0, 0.05) is 10.6 Å². The Morgan fingerprint density at radius 2 is 1.79 bits per heavy atom.